The van der Waals surface area contributed by atoms with Crippen molar-refractivity contribution in [1.82, 2.24) is 10.2 Å². The zero-order chi connectivity index (χ0) is 20.7. The Kier molecular flexibility index (Phi) is 7.51. The third-order valence-corrected chi connectivity index (χ3v) is 4.32. The number of ether oxygens (including phenoxy) is 1. The fourth-order valence-corrected chi connectivity index (χ4v) is 3.04. The number of imide groups is 1. The van der Waals surface area contributed by atoms with Crippen molar-refractivity contribution in [2.75, 3.05) is 36.5 Å². The predicted octanol–water partition coefficient (Wildman–Crippen LogP) is 1.34. The molecule has 0 unspecified atom stereocenters. The normalized spacial score (nSPS) is 16.1. The largest absolute Gasteiger partial charge is 0.450 e. The van der Waals surface area contributed by atoms with Crippen molar-refractivity contribution in [3.8, 4) is 0 Å². The van der Waals surface area contributed by atoms with Gasteiger partial charge in [-0.2, -0.15) is 0 Å². The second-order valence-corrected chi connectivity index (χ2v) is 6.45. The molecule has 1 aliphatic rings. The van der Waals surface area contributed by atoms with Crippen LogP contribution in [0.2, 0.25) is 0 Å². The standard InChI is InChI=1S/C19H26N4O5/c1-4-22(11-17(25)21-19(27)28-5-2)12-18(26)23-13(3)10-16(24)20-14-8-6-7-9-15(14)23/h6-9,13H,4-5,10-12H2,1-3H3,(H,20,24)(H,21,25,27)/t13-/m0/s1. The van der Waals surface area contributed by atoms with Crippen molar-refractivity contribution in [2.24, 2.45) is 0 Å². The second kappa shape index (κ2) is 9.84. The molecule has 9 nitrogen and oxygen atoms in total. The van der Waals surface area contributed by atoms with E-state index >= 15 is 0 Å². The van der Waals surface area contributed by atoms with Crippen LogP contribution in [0.25, 0.3) is 0 Å². The number of rotatable bonds is 6. The molecule has 1 aliphatic heterocycles. The van der Waals surface area contributed by atoms with Gasteiger partial charge >= 0.3 is 6.09 Å². The molecule has 1 atom stereocenters. The van der Waals surface area contributed by atoms with Gasteiger partial charge in [0.15, 0.2) is 0 Å². The van der Waals surface area contributed by atoms with Gasteiger partial charge in [-0.3, -0.25) is 24.6 Å². The van der Waals surface area contributed by atoms with Crippen molar-refractivity contribution >= 4 is 35.2 Å². The van der Waals surface area contributed by atoms with E-state index in [1.165, 1.54) is 0 Å². The Hall–Kier alpha value is -2.94. The van der Waals surface area contributed by atoms with Crippen LogP contribution in [0.4, 0.5) is 16.2 Å². The van der Waals surface area contributed by atoms with Gasteiger partial charge in [0, 0.05) is 12.5 Å². The van der Waals surface area contributed by atoms with E-state index in [4.69, 9.17) is 0 Å². The van der Waals surface area contributed by atoms with Gasteiger partial charge < -0.3 is 15.0 Å². The Bertz CT molecular complexity index is 752. The zero-order valence-corrected chi connectivity index (χ0v) is 16.4. The molecular weight excluding hydrogens is 364 g/mol. The first-order valence-corrected chi connectivity index (χ1v) is 9.25. The number of hydrogen-bond donors (Lipinski definition) is 2. The van der Waals surface area contributed by atoms with Crippen molar-refractivity contribution in [3.05, 3.63) is 24.3 Å². The maximum absolute atomic E-state index is 13.0. The smallest absolute Gasteiger partial charge is 0.413 e. The minimum atomic E-state index is -0.811. The quantitative estimate of drug-likeness (QED) is 0.759. The van der Waals surface area contributed by atoms with Crippen LogP contribution in [0, 0.1) is 0 Å². The molecule has 1 heterocycles. The monoisotopic (exact) mass is 390 g/mol. The summed E-state index contributed by atoms with van der Waals surface area (Å²) in [6.45, 7) is 5.71. The molecule has 9 heteroatoms. The number of alkyl carbamates (subject to hydrolysis) is 1. The number of hydrogen-bond acceptors (Lipinski definition) is 6. The van der Waals surface area contributed by atoms with Crippen molar-refractivity contribution in [2.45, 2.75) is 33.2 Å². The molecule has 2 N–H and O–H groups in total. The number of nitrogens with zero attached hydrogens (tertiary/aromatic N) is 2. The van der Waals surface area contributed by atoms with Gasteiger partial charge in [0.2, 0.25) is 17.7 Å². The van der Waals surface area contributed by atoms with E-state index in [0.29, 0.717) is 17.9 Å². The SMILES string of the molecule is CCOC(=O)NC(=O)CN(CC)CC(=O)N1c2ccccc2NC(=O)C[C@@H]1C. The van der Waals surface area contributed by atoms with E-state index in [2.05, 4.69) is 15.4 Å². The molecule has 0 saturated carbocycles. The lowest BCUT2D eigenvalue weighted by Gasteiger charge is -2.30. The minimum Gasteiger partial charge on any atom is -0.450 e. The molecule has 152 valence electrons. The van der Waals surface area contributed by atoms with Crippen LogP contribution in [0.5, 0.6) is 0 Å². The Labute approximate surface area is 164 Å². The number of carbonyl (C=O) groups is 4. The van der Waals surface area contributed by atoms with E-state index in [9.17, 15) is 19.2 Å². The van der Waals surface area contributed by atoms with Crippen LogP contribution < -0.4 is 15.5 Å². The summed E-state index contributed by atoms with van der Waals surface area (Å²) in [4.78, 5) is 51.6. The molecule has 4 amide bonds. The molecule has 0 fully saturated rings. The highest BCUT2D eigenvalue weighted by Gasteiger charge is 2.30. The van der Waals surface area contributed by atoms with Crippen molar-refractivity contribution in [3.63, 3.8) is 0 Å². The number of amides is 4. The number of carbonyl (C=O) groups excluding carboxylic acids is 4. The van der Waals surface area contributed by atoms with Crippen LogP contribution in [0.3, 0.4) is 0 Å². The zero-order valence-electron chi connectivity index (χ0n) is 16.4. The molecule has 0 radical (unpaired) electrons. The van der Waals surface area contributed by atoms with Crippen molar-refractivity contribution in [1.29, 1.82) is 0 Å². The Balaban J connectivity index is 2.10. The van der Waals surface area contributed by atoms with Gasteiger partial charge in [-0.05, 0) is 32.5 Å². The molecule has 0 spiro atoms. The van der Waals surface area contributed by atoms with Crippen LogP contribution in [0.15, 0.2) is 24.3 Å². The minimum absolute atomic E-state index is 0.0282. The van der Waals surface area contributed by atoms with Crippen molar-refractivity contribution < 1.29 is 23.9 Å². The first-order chi connectivity index (χ1) is 13.3. The molecule has 0 aliphatic carbocycles. The summed E-state index contributed by atoms with van der Waals surface area (Å²) in [6.07, 6.45) is -0.634. The number of para-hydroxylation sites is 2. The Morgan fingerprint density at radius 3 is 2.64 bits per heavy atom. The van der Waals surface area contributed by atoms with E-state index in [1.807, 2.05) is 13.8 Å². The highest BCUT2D eigenvalue weighted by atomic mass is 16.5. The molecule has 1 aromatic carbocycles. The van der Waals surface area contributed by atoms with E-state index in [-0.39, 0.29) is 44.0 Å². The second-order valence-electron chi connectivity index (χ2n) is 6.45. The summed E-state index contributed by atoms with van der Waals surface area (Å²) < 4.78 is 4.68. The number of nitrogens with one attached hydrogen (secondary N) is 2. The summed E-state index contributed by atoms with van der Waals surface area (Å²) >= 11 is 0. The summed E-state index contributed by atoms with van der Waals surface area (Å²) in [5.74, 6) is -0.937. The van der Waals surface area contributed by atoms with E-state index < -0.39 is 12.0 Å². The lowest BCUT2D eigenvalue weighted by Crippen LogP contribution is -2.47. The highest BCUT2D eigenvalue weighted by molar-refractivity contribution is 6.05. The maximum Gasteiger partial charge on any atom is 0.413 e. The van der Waals surface area contributed by atoms with Gasteiger partial charge in [0.1, 0.15) is 0 Å². The lowest BCUT2D eigenvalue weighted by molar-refractivity contribution is -0.123. The highest BCUT2D eigenvalue weighted by Crippen LogP contribution is 2.31. The summed E-state index contributed by atoms with van der Waals surface area (Å²) in [5.41, 5.74) is 1.20. The lowest BCUT2D eigenvalue weighted by atomic mass is 10.1. The van der Waals surface area contributed by atoms with Crippen LogP contribution in [-0.2, 0) is 19.1 Å². The molecule has 28 heavy (non-hydrogen) atoms. The molecule has 0 aromatic heterocycles. The third kappa shape index (κ3) is 5.53. The third-order valence-electron chi connectivity index (χ3n) is 4.32. The maximum atomic E-state index is 13.0. The molecule has 2 rings (SSSR count). The number of fused-ring (bicyclic) bond motifs is 1. The Morgan fingerprint density at radius 1 is 1.25 bits per heavy atom. The average Bonchev–Trinajstić information content (AvgIpc) is 2.75. The van der Waals surface area contributed by atoms with Gasteiger partial charge in [0.05, 0.1) is 31.1 Å². The number of benzene rings is 1. The van der Waals surface area contributed by atoms with Gasteiger partial charge in [0.25, 0.3) is 0 Å². The number of anilines is 2. The first-order valence-electron chi connectivity index (χ1n) is 9.25. The fraction of sp³-hybridized carbons (Fsp3) is 0.474. The van der Waals surface area contributed by atoms with E-state index in [0.717, 1.165) is 0 Å². The van der Waals surface area contributed by atoms with Gasteiger partial charge in [-0.1, -0.05) is 19.1 Å². The fourth-order valence-electron chi connectivity index (χ4n) is 3.04. The molecule has 0 bridgehead atoms. The van der Waals surface area contributed by atoms with Crippen LogP contribution in [0.1, 0.15) is 27.2 Å². The topological polar surface area (TPSA) is 108 Å². The molecule has 0 saturated heterocycles. The number of likely N-dealkylation sites (N-methyl/N-ethyl adjacent to an activating group) is 1. The first kappa shape index (κ1) is 21.4. The van der Waals surface area contributed by atoms with Crippen LogP contribution in [-0.4, -0.2) is 61.0 Å². The predicted molar refractivity (Wildman–Crippen MR) is 104 cm³/mol. The summed E-state index contributed by atoms with van der Waals surface area (Å²) in [5, 5.41) is 4.93. The van der Waals surface area contributed by atoms with E-state index in [1.54, 1.807) is 41.0 Å². The molecular formula is C19H26N4O5. The summed E-state index contributed by atoms with van der Waals surface area (Å²) in [7, 11) is 0. The average molecular weight is 390 g/mol. The van der Waals surface area contributed by atoms with Gasteiger partial charge in [-0.25, -0.2) is 4.79 Å². The Morgan fingerprint density at radius 2 is 1.96 bits per heavy atom. The van der Waals surface area contributed by atoms with Crippen LogP contribution >= 0.6 is 0 Å². The summed E-state index contributed by atoms with van der Waals surface area (Å²) in [6, 6.07) is 6.78. The van der Waals surface area contributed by atoms with Gasteiger partial charge in [-0.15, -0.1) is 0 Å². The molecule has 1 aromatic rings.